The fraction of sp³-hybridized carbons (Fsp3) is 0.929. The Balaban J connectivity index is 4.14. The number of hydrogen-bond donors (Lipinski definition) is 1. The van der Waals surface area contributed by atoms with Crippen molar-refractivity contribution in [2.45, 2.75) is 40.5 Å². The van der Waals surface area contributed by atoms with Crippen molar-refractivity contribution in [1.82, 2.24) is 4.90 Å². The SMILES string of the molecule is CCOCCN(CC)C(=O)CC(CN)CC(C)C. The molecule has 0 spiro atoms. The molecule has 0 rings (SSSR count). The summed E-state index contributed by atoms with van der Waals surface area (Å²) >= 11 is 0. The maximum Gasteiger partial charge on any atom is 0.222 e. The number of carbonyl (C=O) groups is 1. The van der Waals surface area contributed by atoms with Crippen LogP contribution in [0.5, 0.6) is 0 Å². The lowest BCUT2D eigenvalue weighted by atomic mass is 9.94. The number of ether oxygens (including phenoxy) is 1. The fourth-order valence-corrected chi connectivity index (χ4v) is 2.08. The van der Waals surface area contributed by atoms with E-state index in [2.05, 4.69) is 13.8 Å². The molecule has 4 nitrogen and oxygen atoms in total. The Morgan fingerprint density at radius 2 is 2.00 bits per heavy atom. The van der Waals surface area contributed by atoms with Crippen molar-refractivity contribution >= 4 is 5.91 Å². The minimum Gasteiger partial charge on any atom is -0.380 e. The van der Waals surface area contributed by atoms with E-state index in [1.807, 2.05) is 18.7 Å². The van der Waals surface area contributed by atoms with Gasteiger partial charge in [0.1, 0.15) is 0 Å². The number of nitrogens with zero attached hydrogens (tertiary/aromatic N) is 1. The number of rotatable bonds is 10. The van der Waals surface area contributed by atoms with Gasteiger partial charge in [-0.1, -0.05) is 13.8 Å². The van der Waals surface area contributed by atoms with Gasteiger partial charge in [0.15, 0.2) is 0 Å². The maximum atomic E-state index is 12.1. The molecule has 0 aliphatic carbocycles. The topological polar surface area (TPSA) is 55.6 Å². The van der Waals surface area contributed by atoms with E-state index in [1.54, 1.807) is 0 Å². The van der Waals surface area contributed by atoms with E-state index in [9.17, 15) is 4.79 Å². The van der Waals surface area contributed by atoms with Crippen LogP contribution < -0.4 is 5.73 Å². The number of carbonyl (C=O) groups excluding carboxylic acids is 1. The third-order valence-corrected chi connectivity index (χ3v) is 3.05. The molecule has 4 heteroatoms. The lowest BCUT2D eigenvalue weighted by Gasteiger charge is -2.24. The van der Waals surface area contributed by atoms with E-state index < -0.39 is 0 Å². The second-order valence-electron chi connectivity index (χ2n) is 5.11. The summed E-state index contributed by atoms with van der Waals surface area (Å²) in [6.45, 7) is 11.6. The molecule has 108 valence electrons. The minimum absolute atomic E-state index is 0.202. The molecule has 1 atom stereocenters. The average molecular weight is 258 g/mol. The highest BCUT2D eigenvalue weighted by Gasteiger charge is 2.18. The van der Waals surface area contributed by atoms with Crippen molar-refractivity contribution in [2.75, 3.05) is 32.8 Å². The summed E-state index contributed by atoms with van der Waals surface area (Å²) in [5.74, 6) is 1.09. The van der Waals surface area contributed by atoms with Gasteiger partial charge in [-0.2, -0.15) is 0 Å². The van der Waals surface area contributed by atoms with Gasteiger partial charge in [-0.15, -0.1) is 0 Å². The van der Waals surface area contributed by atoms with Crippen molar-refractivity contribution < 1.29 is 9.53 Å². The van der Waals surface area contributed by atoms with Crippen LogP contribution in [0.2, 0.25) is 0 Å². The predicted octanol–water partition coefficient (Wildman–Crippen LogP) is 1.88. The molecule has 0 aromatic rings. The van der Waals surface area contributed by atoms with Gasteiger partial charge in [0, 0.05) is 26.1 Å². The van der Waals surface area contributed by atoms with Crippen molar-refractivity contribution in [3.8, 4) is 0 Å². The molecule has 0 heterocycles. The van der Waals surface area contributed by atoms with E-state index in [0.29, 0.717) is 44.6 Å². The largest absolute Gasteiger partial charge is 0.380 e. The molecule has 0 saturated carbocycles. The number of nitrogens with two attached hydrogens (primary N) is 1. The van der Waals surface area contributed by atoms with E-state index >= 15 is 0 Å². The van der Waals surface area contributed by atoms with E-state index in [-0.39, 0.29) is 5.91 Å². The maximum absolute atomic E-state index is 12.1. The molecular formula is C14H30N2O2. The number of likely N-dealkylation sites (N-methyl/N-ethyl adjacent to an activating group) is 1. The van der Waals surface area contributed by atoms with Crippen LogP contribution in [0.15, 0.2) is 0 Å². The molecule has 1 amide bonds. The van der Waals surface area contributed by atoms with Crippen LogP contribution in [0.25, 0.3) is 0 Å². The number of amides is 1. The van der Waals surface area contributed by atoms with Crippen LogP contribution >= 0.6 is 0 Å². The lowest BCUT2D eigenvalue weighted by molar-refractivity contribution is -0.132. The van der Waals surface area contributed by atoms with Crippen molar-refractivity contribution in [3.63, 3.8) is 0 Å². The normalized spacial score (nSPS) is 12.8. The van der Waals surface area contributed by atoms with Gasteiger partial charge in [0.05, 0.1) is 6.61 Å². The van der Waals surface area contributed by atoms with Gasteiger partial charge in [-0.25, -0.2) is 0 Å². The Labute approximate surface area is 112 Å². The monoisotopic (exact) mass is 258 g/mol. The molecule has 18 heavy (non-hydrogen) atoms. The quantitative estimate of drug-likeness (QED) is 0.609. The predicted molar refractivity (Wildman–Crippen MR) is 75.4 cm³/mol. The Hall–Kier alpha value is -0.610. The summed E-state index contributed by atoms with van der Waals surface area (Å²) < 4.78 is 5.29. The van der Waals surface area contributed by atoms with Crippen molar-refractivity contribution in [1.29, 1.82) is 0 Å². The van der Waals surface area contributed by atoms with E-state index in [1.165, 1.54) is 0 Å². The van der Waals surface area contributed by atoms with Gasteiger partial charge in [0.2, 0.25) is 5.91 Å². The van der Waals surface area contributed by atoms with Crippen LogP contribution in [0.4, 0.5) is 0 Å². The smallest absolute Gasteiger partial charge is 0.222 e. The summed E-state index contributed by atoms with van der Waals surface area (Å²) in [4.78, 5) is 14.0. The lowest BCUT2D eigenvalue weighted by Crippen LogP contribution is -2.36. The van der Waals surface area contributed by atoms with Crippen LogP contribution in [-0.2, 0) is 9.53 Å². The van der Waals surface area contributed by atoms with Gasteiger partial charge >= 0.3 is 0 Å². The highest BCUT2D eigenvalue weighted by molar-refractivity contribution is 5.76. The number of hydrogen-bond acceptors (Lipinski definition) is 3. The Morgan fingerprint density at radius 1 is 1.33 bits per heavy atom. The van der Waals surface area contributed by atoms with Gasteiger partial charge in [-0.3, -0.25) is 4.79 Å². The second kappa shape index (κ2) is 10.3. The first kappa shape index (κ1) is 17.4. The molecule has 2 N–H and O–H groups in total. The minimum atomic E-state index is 0.202. The third-order valence-electron chi connectivity index (χ3n) is 3.05. The zero-order chi connectivity index (χ0) is 14.0. The average Bonchev–Trinajstić information content (AvgIpc) is 2.33. The van der Waals surface area contributed by atoms with Crippen LogP contribution in [0.3, 0.4) is 0 Å². The first-order chi connectivity index (χ1) is 8.54. The summed E-state index contributed by atoms with van der Waals surface area (Å²) in [7, 11) is 0. The second-order valence-corrected chi connectivity index (χ2v) is 5.11. The highest BCUT2D eigenvalue weighted by atomic mass is 16.5. The van der Waals surface area contributed by atoms with Crippen LogP contribution in [0, 0.1) is 11.8 Å². The van der Waals surface area contributed by atoms with Crippen LogP contribution in [0.1, 0.15) is 40.5 Å². The van der Waals surface area contributed by atoms with E-state index in [4.69, 9.17) is 10.5 Å². The van der Waals surface area contributed by atoms with Gasteiger partial charge in [0.25, 0.3) is 0 Å². The summed E-state index contributed by atoms with van der Waals surface area (Å²) in [5, 5.41) is 0. The van der Waals surface area contributed by atoms with E-state index in [0.717, 1.165) is 13.0 Å². The third kappa shape index (κ3) is 7.67. The molecule has 0 aromatic carbocycles. The van der Waals surface area contributed by atoms with Crippen molar-refractivity contribution in [2.24, 2.45) is 17.6 Å². The van der Waals surface area contributed by atoms with Crippen LogP contribution in [-0.4, -0.2) is 43.7 Å². The summed E-state index contributed by atoms with van der Waals surface area (Å²) in [5.41, 5.74) is 5.74. The fourth-order valence-electron chi connectivity index (χ4n) is 2.08. The Morgan fingerprint density at radius 3 is 2.44 bits per heavy atom. The Bertz CT molecular complexity index is 220. The van der Waals surface area contributed by atoms with Crippen molar-refractivity contribution in [3.05, 3.63) is 0 Å². The molecule has 0 bridgehead atoms. The molecule has 0 aromatic heterocycles. The first-order valence-electron chi connectivity index (χ1n) is 7.10. The Kier molecular flexibility index (Phi) is 9.98. The first-order valence-corrected chi connectivity index (χ1v) is 7.10. The summed E-state index contributed by atoms with van der Waals surface area (Å²) in [6, 6.07) is 0. The standard InChI is InChI=1S/C14H30N2O2/c1-5-16(7-8-18-6-2)14(17)10-13(11-15)9-12(3)4/h12-13H,5-11,15H2,1-4H3. The van der Waals surface area contributed by atoms with Gasteiger partial charge < -0.3 is 15.4 Å². The highest BCUT2D eigenvalue weighted by Crippen LogP contribution is 2.15. The molecular weight excluding hydrogens is 228 g/mol. The summed E-state index contributed by atoms with van der Waals surface area (Å²) in [6.07, 6.45) is 1.58. The molecule has 0 aliphatic heterocycles. The van der Waals surface area contributed by atoms with Gasteiger partial charge in [-0.05, 0) is 38.6 Å². The molecule has 0 aliphatic rings. The zero-order valence-electron chi connectivity index (χ0n) is 12.4. The molecule has 1 unspecified atom stereocenters. The molecule has 0 radical (unpaired) electrons. The molecule has 0 saturated heterocycles. The molecule has 0 fully saturated rings. The zero-order valence-corrected chi connectivity index (χ0v) is 12.4.